The molecule has 5 nitrogen and oxygen atoms in total. The Labute approximate surface area is 620 Å². The Morgan fingerprint density at radius 1 is 0.213 bits per heavy atom. The van der Waals surface area contributed by atoms with Crippen LogP contribution in [0.3, 0.4) is 0 Å². The van der Waals surface area contributed by atoms with Gasteiger partial charge in [0.2, 0.25) is 0 Å². The van der Waals surface area contributed by atoms with Gasteiger partial charge >= 0.3 is 0 Å². The second-order valence-electron chi connectivity index (χ2n) is 28.7. The van der Waals surface area contributed by atoms with Crippen LogP contribution in [0, 0.1) is 22.7 Å². The smallest absolute Gasteiger partial charge is 0.0992 e. The number of benzene rings is 20. The van der Waals surface area contributed by atoms with Crippen molar-refractivity contribution in [2.75, 3.05) is 0 Å². The van der Waals surface area contributed by atoms with E-state index in [4.69, 9.17) is 4.98 Å². The van der Waals surface area contributed by atoms with Gasteiger partial charge in [-0.05, 0) is 256 Å². The fraction of sp³-hybridized carbons (Fsp3) is 0. The van der Waals surface area contributed by atoms with Gasteiger partial charge in [0.1, 0.15) is 0 Å². The number of fused-ring (bicyclic) bond motifs is 12. The normalized spacial score (nSPS) is 11.9. The Bertz CT molecular complexity index is 7800. The average Bonchev–Trinajstić information content (AvgIpc) is 1.44. The summed E-state index contributed by atoms with van der Waals surface area (Å²) in [6.07, 6.45) is 2.03. The van der Waals surface area contributed by atoms with Crippen LogP contribution in [0.2, 0.25) is 0 Å². The molecule has 0 atom stereocenters. The second-order valence-corrected chi connectivity index (χ2v) is 28.7. The summed E-state index contributed by atoms with van der Waals surface area (Å²) < 4.78 is 4.61. The Kier molecular flexibility index (Phi) is 13.5. The molecule has 20 aromatic carbocycles. The van der Waals surface area contributed by atoms with Crippen molar-refractivity contribution in [1.82, 2.24) is 14.1 Å². The Hall–Kier alpha value is -14.8. The fourth-order valence-electron chi connectivity index (χ4n) is 18.0. The third-order valence-electron chi connectivity index (χ3n) is 22.8. The summed E-state index contributed by atoms with van der Waals surface area (Å²) in [5.41, 5.74) is 19.3. The van der Waals surface area contributed by atoms with Crippen molar-refractivity contribution in [3.63, 3.8) is 0 Å². The van der Waals surface area contributed by atoms with E-state index in [0.29, 0.717) is 11.1 Å². The summed E-state index contributed by atoms with van der Waals surface area (Å²) in [6.45, 7) is 0. The average molecular weight is 1370 g/mol. The van der Waals surface area contributed by atoms with Crippen LogP contribution in [0.5, 0.6) is 0 Å². The summed E-state index contributed by atoms with van der Waals surface area (Å²) in [7, 11) is 0. The van der Waals surface area contributed by atoms with Gasteiger partial charge in [-0.2, -0.15) is 10.5 Å². The number of rotatable bonds is 7. The zero-order valence-electron chi connectivity index (χ0n) is 58.3. The summed E-state index contributed by atoms with van der Waals surface area (Å²) >= 11 is 0. The lowest BCUT2D eigenvalue weighted by Crippen LogP contribution is -1.94. The molecule has 0 fully saturated rings. The minimum absolute atomic E-state index is 0.655. The van der Waals surface area contributed by atoms with Crippen molar-refractivity contribution in [2.24, 2.45) is 0 Å². The molecule has 23 rings (SSSR count). The second kappa shape index (κ2) is 23.9. The van der Waals surface area contributed by atoms with E-state index in [9.17, 15) is 10.5 Å². The summed E-state index contributed by atoms with van der Waals surface area (Å²) in [5, 5.41) is 49.1. The monoisotopic (exact) mass is 1370 g/mol. The first-order valence-electron chi connectivity index (χ1n) is 36.7. The first kappa shape index (κ1) is 60.8. The highest BCUT2D eigenvalue weighted by molar-refractivity contribution is 6.29. The van der Waals surface area contributed by atoms with Gasteiger partial charge in [0.05, 0.1) is 51.0 Å². The molecule has 0 saturated heterocycles. The van der Waals surface area contributed by atoms with Crippen LogP contribution in [0.1, 0.15) is 11.1 Å². The van der Waals surface area contributed by atoms with E-state index in [0.717, 1.165) is 66.4 Å². The van der Waals surface area contributed by atoms with Gasteiger partial charge in [0.25, 0.3) is 0 Å². The number of hydrogen-bond acceptors (Lipinski definition) is 3. The van der Waals surface area contributed by atoms with Crippen molar-refractivity contribution in [2.45, 2.75) is 0 Å². The lowest BCUT2D eigenvalue weighted by molar-refractivity contribution is 1.18. The SMILES string of the molecule is N#Cc1cc2ccc3cc(-c4ccc(-c5cc6c7ccccc7c(-c7cccc8ccccc78)cc6c6ccccc56)cn4)cc4c3c2c(c1)n4-c1ccccc1.N#Cc1cc2ccc3cc(-c4ccc5cc(-c6cc7c8ccccc8ccc7c7ccccc67)ccc5c4)cc4c3c2c(c1)n4-c1ccccc1. The van der Waals surface area contributed by atoms with Crippen molar-refractivity contribution in [3.8, 4) is 79.3 Å². The maximum Gasteiger partial charge on any atom is 0.0992 e. The van der Waals surface area contributed by atoms with Crippen LogP contribution in [0.15, 0.2) is 358 Å². The van der Waals surface area contributed by atoms with E-state index in [2.05, 4.69) is 337 Å². The number of nitriles is 2. The van der Waals surface area contributed by atoms with Gasteiger partial charge in [-0.25, -0.2) is 0 Å². The van der Waals surface area contributed by atoms with Crippen molar-refractivity contribution < 1.29 is 0 Å². The molecule has 0 aliphatic heterocycles. The van der Waals surface area contributed by atoms with E-state index in [1.165, 1.54) is 152 Å². The highest BCUT2D eigenvalue weighted by atomic mass is 15.0. The maximum atomic E-state index is 9.92. The molecule has 0 aliphatic rings. The third-order valence-corrected chi connectivity index (χ3v) is 22.8. The Balaban J connectivity index is 0.000000135. The molecule has 0 aliphatic carbocycles. The molecule has 23 aromatic rings. The first-order valence-corrected chi connectivity index (χ1v) is 36.7. The topological polar surface area (TPSA) is 70.3 Å². The van der Waals surface area contributed by atoms with E-state index in [1.807, 2.05) is 42.6 Å². The largest absolute Gasteiger partial charge is 0.309 e. The molecular formula is C103H59N5. The predicted octanol–water partition coefficient (Wildman–Crippen LogP) is 27.4. The van der Waals surface area contributed by atoms with Crippen molar-refractivity contribution >= 4 is 151 Å². The Morgan fingerprint density at radius 2 is 0.593 bits per heavy atom. The highest BCUT2D eigenvalue weighted by Crippen LogP contribution is 2.48. The summed E-state index contributed by atoms with van der Waals surface area (Å²) in [5.74, 6) is 0. The minimum Gasteiger partial charge on any atom is -0.309 e. The first-order chi connectivity index (χ1) is 53.4. The number of aromatic nitrogens is 3. The standard InChI is InChI=1S/C54H31N3.C49H28N2/c55-31-33-25-35-21-22-36-27-38(28-52-54(36)53(35)51(26-33)57(52)39-13-2-1-3-14-39)50-24-23-37(32-56-50)46-29-48-45-19-9-8-18-44(45)47(30-49(48)43-17-7-6-16-42(43)46)41-20-10-12-34-11-4-5-15-40(34)41;50-29-30-22-36-18-19-37-26-38(27-47-49(37)48(36)46(23-30)51(47)39-9-2-1-3-10-39)34-15-14-33-25-35(17-16-32(33)24-34)44-28-45-40-11-5-4-8-31(40)20-21-43(45)41-12-6-7-13-42(41)44/h1-30,32H;1-28H. The van der Waals surface area contributed by atoms with Crippen LogP contribution >= 0.6 is 0 Å². The van der Waals surface area contributed by atoms with Gasteiger partial charge in [-0.15, -0.1) is 0 Å². The zero-order chi connectivity index (χ0) is 71.2. The van der Waals surface area contributed by atoms with Crippen LogP contribution in [-0.2, 0) is 0 Å². The molecule has 0 radical (unpaired) electrons. The van der Waals surface area contributed by atoms with Gasteiger partial charge < -0.3 is 9.13 Å². The minimum atomic E-state index is 0.655. The molecule has 0 saturated carbocycles. The molecule has 0 spiro atoms. The molecule has 0 bridgehead atoms. The number of pyridine rings is 1. The molecule has 5 heteroatoms. The quantitative estimate of drug-likeness (QED) is 0.149. The van der Waals surface area contributed by atoms with Crippen LogP contribution in [0.25, 0.3) is 218 Å². The lowest BCUT2D eigenvalue weighted by Gasteiger charge is -2.17. The molecule has 0 amide bonds. The summed E-state index contributed by atoms with van der Waals surface area (Å²) in [4.78, 5) is 5.16. The van der Waals surface area contributed by atoms with Crippen LogP contribution in [0.4, 0.5) is 0 Å². The molecule has 108 heavy (non-hydrogen) atoms. The van der Waals surface area contributed by atoms with E-state index in [1.54, 1.807) is 0 Å². The van der Waals surface area contributed by atoms with Gasteiger partial charge in [0, 0.05) is 50.2 Å². The molecule has 496 valence electrons. The van der Waals surface area contributed by atoms with Gasteiger partial charge in [0.15, 0.2) is 0 Å². The molecule has 0 unspecified atom stereocenters. The molecule has 0 N–H and O–H groups in total. The molecule has 3 aromatic heterocycles. The predicted molar refractivity (Wildman–Crippen MR) is 453 cm³/mol. The van der Waals surface area contributed by atoms with Gasteiger partial charge in [-0.1, -0.05) is 243 Å². The lowest BCUT2D eigenvalue weighted by atomic mass is 9.87. The fourth-order valence-corrected chi connectivity index (χ4v) is 18.0. The maximum absolute atomic E-state index is 9.92. The highest BCUT2D eigenvalue weighted by Gasteiger charge is 2.24. The Morgan fingerprint density at radius 3 is 1.16 bits per heavy atom. The van der Waals surface area contributed by atoms with Crippen LogP contribution < -0.4 is 0 Å². The van der Waals surface area contributed by atoms with Crippen molar-refractivity contribution in [3.05, 3.63) is 369 Å². The van der Waals surface area contributed by atoms with E-state index < -0.39 is 0 Å². The number of hydrogen-bond donors (Lipinski definition) is 0. The zero-order valence-corrected chi connectivity index (χ0v) is 58.3. The number of nitrogens with zero attached hydrogens (tertiary/aromatic N) is 5. The van der Waals surface area contributed by atoms with Crippen LogP contribution in [-0.4, -0.2) is 14.1 Å². The van der Waals surface area contributed by atoms with Gasteiger partial charge in [-0.3, -0.25) is 4.98 Å². The molecule has 3 heterocycles. The third kappa shape index (κ3) is 9.40. The summed E-state index contributed by atoms with van der Waals surface area (Å²) in [6, 6.07) is 132. The van der Waals surface area contributed by atoms with Crippen molar-refractivity contribution in [1.29, 1.82) is 10.5 Å². The number of para-hydroxylation sites is 2. The van der Waals surface area contributed by atoms with E-state index >= 15 is 0 Å². The van der Waals surface area contributed by atoms with E-state index in [-0.39, 0.29) is 0 Å². The molecular weight excluding hydrogens is 1310 g/mol.